The second-order valence-electron chi connectivity index (χ2n) is 5.74. The number of nitrogens with one attached hydrogen (secondary N) is 1. The molecule has 3 heterocycles. The van der Waals surface area contributed by atoms with Crippen molar-refractivity contribution in [3.63, 3.8) is 0 Å². The summed E-state index contributed by atoms with van der Waals surface area (Å²) in [5, 5.41) is 10.9. The standard InChI is InChI=1S/C16H16F2N4O2S/c1-8(2)14-21-20-12-5-4-10(7-22(12)14)19-15(23)13-11(24-16(17)18)6-9(3)25-13/h4-8,16H,1-3H3,(H,19,23). The van der Waals surface area contributed by atoms with Crippen molar-refractivity contribution < 1.29 is 18.3 Å². The minimum atomic E-state index is -2.98. The highest BCUT2D eigenvalue weighted by molar-refractivity contribution is 7.14. The SMILES string of the molecule is Cc1cc(OC(F)F)c(C(=O)Nc2ccc3nnc(C(C)C)n3c2)s1. The summed E-state index contributed by atoms with van der Waals surface area (Å²) in [6.45, 7) is 2.72. The Morgan fingerprint density at radius 1 is 1.32 bits per heavy atom. The van der Waals surface area contributed by atoms with E-state index in [1.54, 1.807) is 29.7 Å². The van der Waals surface area contributed by atoms with Crippen LogP contribution in [0.3, 0.4) is 0 Å². The van der Waals surface area contributed by atoms with E-state index in [2.05, 4.69) is 20.3 Å². The number of nitrogens with zero attached hydrogens (tertiary/aromatic N) is 3. The molecule has 0 spiro atoms. The van der Waals surface area contributed by atoms with Gasteiger partial charge in [0, 0.05) is 17.0 Å². The smallest absolute Gasteiger partial charge is 0.387 e. The summed E-state index contributed by atoms with van der Waals surface area (Å²) in [6.07, 6.45) is 1.71. The van der Waals surface area contributed by atoms with Crippen molar-refractivity contribution in [2.24, 2.45) is 0 Å². The van der Waals surface area contributed by atoms with E-state index in [1.165, 1.54) is 6.07 Å². The van der Waals surface area contributed by atoms with Crippen molar-refractivity contribution in [1.82, 2.24) is 14.6 Å². The van der Waals surface area contributed by atoms with Crippen LogP contribution in [0.15, 0.2) is 24.4 Å². The predicted octanol–water partition coefficient (Wildman–Crippen LogP) is 4.08. The molecule has 0 saturated carbocycles. The zero-order valence-electron chi connectivity index (χ0n) is 13.8. The van der Waals surface area contributed by atoms with E-state index in [9.17, 15) is 13.6 Å². The number of carbonyl (C=O) groups is 1. The summed E-state index contributed by atoms with van der Waals surface area (Å²) >= 11 is 1.10. The van der Waals surface area contributed by atoms with Crippen LogP contribution in [0.1, 0.15) is 40.1 Å². The topological polar surface area (TPSA) is 68.5 Å². The molecule has 1 N–H and O–H groups in total. The van der Waals surface area contributed by atoms with Crippen LogP contribution in [0.2, 0.25) is 0 Å². The first-order valence-corrected chi connectivity index (χ1v) is 8.38. The number of aromatic nitrogens is 3. The molecule has 0 bridgehead atoms. The number of alkyl halides is 2. The molecule has 0 aliphatic carbocycles. The van der Waals surface area contributed by atoms with Crippen LogP contribution in [-0.4, -0.2) is 27.1 Å². The second-order valence-corrected chi connectivity index (χ2v) is 7.00. The van der Waals surface area contributed by atoms with Crippen molar-refractivity contribution in [1.29, 1.82) is 0 Å². The van der Waals surface area contributed by atoms with Gasteiger partial charge in [-0.05, 0) is 25.1 Å². The highest BCUT2D eigenvalue weighted by Crippen LogP contribution is 2.31. The molecule has 132 valence electrons. The number of anilines is 1. The van der Waals surface area contributed by atoms with Crippen LogP contribution >= 0.6 is 11.3 Å². The monoisotopic (exact) mass is 366 g/mol. The lowest BCUT2D eigenvalue weighted by Crippen LogP contribution is -2.13. The number of ether oxygens (including phenoxy) is 1. The number of rotatable bonds is 5. The van der Waals surface area contributed by atoms with Crippen LogP contribution in [0.5, 0.6) is 5.75 Å². The van der Waals surface area contributed by atoms with Gasteiger partial charge in [0.1, 0.15) is 16.5 Å². The number of amides is 1. The fourth-order valence-electron chi connectivity index (χ4n) is 2.40. The lowest BCUT2D eigenvalue weighted by molar-refractivity contribution is -0.0498. The van der Waals surface area contributed by atoms with Crippen molar-refractivity contribution in [3.8, 4) is 5.75 Å². The molecule has 25 heavy (non-hydrogen) atoms. The Balaban J connectivity index is 1.88. The van der Waals surface area contributed by atoms with Gasteiger partial charge in [0.2, 0.25) is 0 Å². The van der Waals surface area contributed by atoms with Crippen molar-refractivity contribution >= 4 is 28.6 Å². The quantitative estimate of drug-likeness (QED) is 0.739. The molecule has 0 aromatic carbocycles. The number of carbonyl (C=O) groups excluding carboxylic acids is 1. The Kier molecular flexibility index (Phi) is 4.67. The van der Waals surface area contributed by atoms with E-state index in [0.29, 0.717) is 16.2 Å². The summed E-state index contributed by atoms with van der Waals surface area (Å²) in [5.74, 6) is 0.294. The maximum absolute atomic E-state index is 12.5. The molecule has 0 radical (unpaired) electrons. The highest BCUT2D eigenvalue weighted by atomic mass is 32.1. The van der Waals surface area contributed by atoms with E-state index in [4.69, 9.17) is 0 Å². The van der Waals surface area contributed by atoms with Gasteiger partial charge in [-0.1, -0.05) is 13.8 Å². The normalized spacial score (nSPS) is 11.5. The predicted molar refractivity (Wildman–Crippen MR) is 90.7 cm³/mol. The van der Waals surface area contributed by atoms with Gasteiger partial charge in [-0.15, -0.1) is 21.5 Å². The van der Waals surface area contributed by atoms with Crippen molar-refractivity contribution in [3.05, 3.63) is 40.0 Å². The lowest BCUT2D eigenvalue weighted by Gasteiger charge is -2.08. The third-order valence-corrected chi connectivity index (χ3v) is 4.48. The second kappa shape index (κ2) is 6.75. The zero-order valence-corrected chi connectivity index (χ0v) is 14.6. The van der Waals surface area contributed by atoms with Gasteiger partial charge in [-0.2, -0.15) is 8.78 Å². The molecule has 3 aromatic rings. The Bertz CT molecular complexity index is 920. The molecule has 3 aromatic heterocycles. The number of fused-ring (bicyclic) bond motifs is 1. The van der Waals surface area contributed by atoms with Gasteiger partial charge in [-0.3, -0.25) is 9.20 Å². The largest absolute Gasteiger partial charge is 0.433 e. The van der Waals surface area contributed by atoms with Crippen LogP contribution in [0.25, 0.3) is 5.65 Å². The van der Waals surface area contributed by atoms with Gasteiger partial charge in [0.25, 0.3) is 5.91 Å². The maximum atomic E-state index is 12.5. The fourth-order valence-corrected chi connectivity index (χ4v) is 3.24. The van der Waals surface area contributed by atoms with E-state index >= 15 is 0 Å². The van der Waals surface area contributed by atoms with Crippen molar-refractivity contribution in [2.45, 2.75) is 33.3 Å². The average Bonchev–Trinajstić information content (AvgIpc) is 3.09. The first-order chi connectivity index (χ1) is 11.8. The minimum absolute atomic E-state index is 0.103. The third-order valence-electron chi connectivity index (χ3n) is 3.45. The number of hydrogen-bond donors (Lipinski definition) is 1. The summed E-state index contributed by atoms with van der Waals surface area (Å²) in [4.78, 5) is 13.3. The molecule has 3 rings (SSSR count). The lowest BCUT2D eigenvalue weighted by atomic mass is 10.2. The van der Waals surface area contributed by atoms with Crippen molar-refractivity contribution in [2.75, 3.05) is 5.32 Å². The zero-order chi connectivity index (χ0) is 18.1. The number of halogens is 2. The molecule has 0 fully saturated rings. The molecule has 6 nitrogen and oxygen atoms in total. The van der Waals surface area contributed by atoms with Crippen LogP contribution < -0.4 is 10.1 Å². The summed E-state index contributed by atoms with van der Waals surface area (Å²) < 4.78 is 31.2. The van der Waals surface area contributed by atoms with Gasteiger partial charge in [0.15, 0.2) is 5.65 Å². The Morgan fingerprint density at radius 2 is 2.08 bits per heavy atom. The average molecular weight is 366 g/mol. The molecule has 9 heteroatoms. The summed E-state index contributed by atoms with van der Waals surface area (Å²) in [7, 11) is 0. The summed E-state index contributed by atoms with van der Waals surface area (Å²) in [5.41, 5.74) is 1.17. The Morgan fingerprint density at radius 3 is 2.76 bits per heavy atom. The molecular weight excluding hydrogens is 350 g/mol. The number of pyridine rings is 1. The maximum Gasteiger partial charge on any atom is 0.387 e. The molecule has 0 aliphatic rings. The molecule has 0 saturated heterocycles. The van der Waals surface area contributed by atoms with Gasteiger partial charge >= 0.3 is 6.61 Å². The number of hydrogen-bond acceptors (Lipinski definition) is 5. The number of thiophene rings is 1. The van der Waals surface area contributed by atoms with E-state index in [1.807, 2.05) is 13.8 Å². The third kappa shape index (κ3) is 3.60. The molecule has 0 aliphatic heterocycles. The van der Waals surface area contributed by atoms with E-state index in [0.717, 1.165) is 17.2 Å². The Labute approximate surface area is 146 Å². The first kappa shape index (κ1) is 17.3. The summed E-state index contributed by atoms with van der Waals surface area (Å²) in [6, 6.07) is 4.83. The Hall–Kier alpha value is -2.55. The fraction of sp³-hybridized carbons (Fsp3) is 0.312. The minimum Gasteiger partial charge on any atom is -0.433 e. The van der Waals surface area contributed by atoms with Gasteiger partial charge < -0.3 is 10.1 Å². The van der Waals surface area contributed by atoms with Crippen LogP contribution in [0, 0.1) is 6.92 Å². The first-order valence-electron chi connectivity index (χ1n) is 7.56. The molecule has 0 atom stereocenters. The number of aryl methyl sites for hydroxylation is 1. The van der Waals surface area contributed by atoms with E-state index in [-0.39, 0.29) is 16.5 Å². The van der Waals surface area contributed by atoms with Gasteiger partial charge in [-0.25, -0.2) is 0 Å². The van der Waals surface area contributed by atoms with Gasteiger partial charge in [0.05, 0.1) is 5.69 Å². The highest BCUT2D eigenvalue weighted by Gasteiger charge is 2.20. The molecule has 1 amide bonds. The molecule has 0 unspecified atom stereocenters. The van der Waals surface area contributed by atoms with E-state index < -0.39 is 12.5 Å². The molecular formula is C16H16F2N4O2S. The van der Waals surface area contributed by atoms with Crippen LogP contribution in [0.4, 0.5) is 14.5 Å². The van der Waals surface area contributed by atoms with Crippen LogP contribution in [-0.2, 0) is 0 Å².